The molecule has 0 spiro atoms. The zero-order valence-corrected chi connectivity index (χ0v) is 11.2. The van der Waals surface area contributed by atoms with E-state index in [0.717, 1.165) is 16.5 Å². The van der Waals surface area contributed by atoms with Gasteiger partial charge in [0.25, 0.3) is 0 Å². The maximum absolute atomic E-state index is 12.4. The van der Waals surface area contributed by atoms with Gasteiger partial charge >= 0.3 is 6.18 Å². The molecule has 1 atom stereocenters. The standard InChI is InChI=1S/C11H10F3N3S2/c12-11(13,14)8-3-1-7(2-4-8)9(15)5-18-10-16-6-17-19-10/h1-4,6,9H,5,15H2. The van der Waals surface area contributed by atoms with Crippen molar-refractivity contribution in [2.75, 3.05) is 5.75 Å². The Bertz CT molecular complexity index is 511. The fourth-order valence-corrected chi connectivity index (χ4v) is 2.86. The van der Waals surface area contributed by atoms with Crippen LogP contribution < -0.4 is 5.73 Å². The molecule has 0 radical (unpaired) electrons. The number of thioether (sulfide) groups is 1. The van der Waals surface area contributed by atoms with Crippen LogP contribution in [-0.2, 0) is 6.18 Å². The molecule has 8 heteroatoms. The smallest absolute Gasteiger partial charge is 0.323 e. The summed E-state index contributed by atoms with van der Waals surface area (Å²) in [7, 11) is 0. The second kappa shape index (κ2) is 5.89. The first-order valence-electron chi connectivity index (χ1n) is 5.29. The summed E-state index contributed by atoms with van der Waals surface area (Å²) in [6.45, 7) is 0. The molecule has 1 heterocycles. The molecule has 1 unspecified atom stereocenters. The van der Waals surface area contributed by atoms with Crippen LogP contribution in [-0.4, -0.2) is 15.1 Å². The van der Waals surface area contributed by atoms with E-state index in [1.807, 2.05) is 0 Å². The maximum Gasteiger partial charge on any atom is 0.416 e. The third kappa shape index (κ3) is 3.92. The summed E-state index contributed by atoms with van der Waals surface area (Å²) in [5.74, 6) is 0.542. The van der Waals surface area contributed by atoms with Crippen molar-refractivity contribution in [3.63, 3.8) is 0 Å². The van der Waals surface area contributed by atoms with E-state index < -0.39 is 11.7 Å². The molecule has 0 aliphatic heterocycles. The second-order valence-corrected chi connectivity index (χ2v) is 5.79. The number of alkyl halides is 3. The number of hydrogen-bond acceptors (Lipinski definition) is 5. The minimum Gasteiger partial charge on any atom is -0.323 e. The minimum absolute atomic E-state index is 0.337. The van der Waals surface area contributed by atoms with Crippen LogP contribution in [0.5, 0.6) is 0 Å². The van der Waals surface area contributed by atoms with E-state index in [2.05, 4.69) is 9.36 Å². The highest BCUT2D eigenvalue weighted by molar-refractivity contribution is 8.00. The van der Waals surface area contributed by atoms with Crippen LogP contribution in [0.3, 0.4) is 0 Å². The third-order valence-electron chi connectivity index (χ3n) is 2.39. The van der Waals surface area contributed by atoms with Crippen LogP contribution in [0.4, 0.5) is 13.2 Å². The summed E-state index contributed by atoms with van der Waals surface area (Å²) >= 11 is 2.70. The number of hydrogen-bond donors (Lipinski definition) is 1. The van der Waals surface area contributed by atoms with Crippen molar-refractivity contribution in [2.45, 2.75) is 16.6 Å². The molecule has 0 fully saturated rings. The fraction of sp³-hybridized carbons (Fsp3) is 0.273. The SMILES string of the molecule is NC(CSc1ncns1)c1ccc(C(F)(F)F)cc1. The summed E-state index contributed by atoms with van der Waals surface area (Å²) in [5.41, 5.74) is 5.93. The number of nitrogens with zero attached hydrogens (tertiary/aromatic N) is 2. The number of nitrogens with two attached hydrogens (primary N) is 1. The molecule has 1 aromatic carbocycles. The van der Waals surface area contributed by atoms with Gasteiger partial charge in [-0.25, -0.2) is 4.98 Å². The summed E-state index contributed by atoms with van der Waals surface area (Å²) in [6.07, 6.45) is -2.86. The van der Waals surface area contributed by atoms with Crippen LogP contribution in [0.25, 0.3) is 0 Å². The highest BCUT2D eigenvalue weighted by Gasteiger charge is 2.30. The largest absolute Gasteiger partial charge is 0.416 e. The zero-order valence-electron chi connectivity index (χ0n) is 9.59. The number of aromatic nitrogens is 2. The van der Waals surface area contributed by atoms with Gasteiger partial charge in [0.1, 0.15) is 6.33 Å². The molecule has 2 rings (SSSR count). The minimum atomic E-state index is -4.32. The molecule has 0 bridgehead atoms. The van der Waals surface area contributed by atoms with Crippen LogP contribution in [0, 0.1) is 0 Å². The van der Waals surface area contributed by atoms with Gasteiger partial charge in [-0.15, -0.1) is 0 Å². The molecule has 3 nitrogen and oxygen atoms in total. The van der Waals surface area contributed by atoms with Crippen molar-refractivity contribution >= 4 is 23.3 Å². The van der Waals surface area contributed by atoms with Gasteiger partial charge in [-0.05, 0) is 29.2 Å². The Balaban J connectivity index is 1.97. The van der Waals surface area contributed by atoms with Crippen molar-refractivity contribution < 1.29 is 13.2 Å². The van der Waals surface area contributed by atoms with Crippen molar-refractivity contribution in [1.82, 2.24) is 9.36 Å². The van der Waals surface area contributed by atoms with Gasteiger partial charge in [-0.1, -0.05) is 23.9 Å². The van der Waals surface area contributed by atoms with Gasteiger partial charge in [0.05, 0.1) is 5.56 Å². The first-order chi connectivity index (χ1) is 8.97. The molecular weight excluding hydrogens is 295 g/mol. The van der Waals surface area contributed by atoms with E-state index >= 15 is 0 Å². The van der Waals surface area contributed by atoms with Gasteiger partial charge in [0.15, 0.2) is 4.34 Å². The van der Waals surface area contributed by atoms with Crippen LogP contribution in [0.1, 0.15) is 17.2 Å². The van der Waals surface area contributed by atoms with Gasteiger partial charge < -0.3 is 5.73 Å². The van der Waals surface area contributed by atoms with Gasteiger partial charge in [-0.2, -0.15) is 17.5 Å². The number of benzene rings is 1. The van der Waals surface area contributed by atoms with E-state index in [0.29, 0.717) is 11.3 Å². The van der Waals surface area contributed by atoms with E-state index in [4.69, 9.17) is 5.73 Å². The lowest BCUT2D eigenvalue weighted by Gasteiger charge is -2.12. The van der Waals surface area contributed by atoms with Crippen molar-refractivity contribution in [3.05, 3.63) is 41.7 Å². The van der Waals surface area contributed by atoms with Crippen LogP contribution >= 0.6 is 23.3 Å². The Kier molecular flexibility index (Phi) is 4.43. The summed E-state index contributed by atoms with van der Waals surface area (Å²) < 4.78 is 41.9. The molecule has 1 aromatic heterocycles. The highest BCUT2D eigenvalue weighted by atomic mass is 32.2. The Morgan fingerprint density at radius 1 is 1.26 bits per heavy atom. The molecule has 2 aromatic rings. The maximum atomic E-state index is 12.4. The predicted molar refractivity (Wildman–Crippen MR) is 69.0 cm³/mol. The number of halogens is 3. The molecular formula is C11H10F3N3S2. The van der Waals surface area contributed by atoms with Crippen LogP contribution in [0.15, 0.2) is 34.9 Å². The fourth-order valence-electron chi connectivity index (χ4n) is 1.40. The lowest BCUT2D eigenvalue weighted by atomic mass is 10.1. The predicted octanol–water partition coefficient (Wildman–Crippen LogP) is 3.35. The molecule has 0 amide bonds. The lowest BCUT2D eigenvalue weighted by molar-refractivity contribution is -0.137. The van der Waals surface area contributed by atoms with E-state index in [-0.39, 0.29) is 6.04 Å². The van der Waals surface area contributed by atoms with Gasteiger partial charge in [0, 0.05) is 11.8 Å². The Morgan fingerprint density at radius 3 is 2.47 bits per heavy atom. The molecule has 0 aliphatic rings. The van der Waals surface area contributed by atoms with E-state index in [1.165, 1.54) is 41.8 Å². The lowest BCUT2D eigenvalue weighted by Crippen LogP contribution is -2.13. The number of rotatable bonds is 4. The summed E-state index contributed by atoms with van der Waals surface area (Å²) in [6, 6.07) is 4.58. The topological polar surface area (TPSA) is 51.8 Å². The quantitative estimate of drug-likeness (QED) is 0.880. The average molecular weight is 305 g/mol. The molecule has 0 saturated heterocycles. The van der Waals surface area contributed by atoms with Crippen molar-refractivity contribution in [3.8, 4) is 0 Å². The normalized spacial score (nSPS) is 13.5. The van der Waals surface area contributed by atoms with Crippen molar-refractivity contribution in [1.29, 1.82) is 0 Å². The first-order valence-corrected chi connectivity index (χ1v) is 7.05. The molecule has 102 valence electrons. The molecule has 0 saturated carbocycles. The monoisotopic (exact) mass is 305 g/mol. The van der Waals surface area contributed by atoms with E-state index in [9.17, 15) is 13.2 Å². The third-order valence-corrected chi connectivity index (χ3v) is 4.31. The van der Waals surface area contributed by atoms with Gasteiger partial charge in [0.2, 0.25) is 0 Å². The van der Waals surface area contributed by atoms with Gasteiger partial charge in [-0.3, -0.25) is 0 Å². The molecule has 0 aliphatic carbocycles. The summed E-state index contributed by atoms with van der Waals surface area (Å²) in [4.78, 5) is 3.99. The Hall–Kier alpha value is -1.12. The average Bonchev–Trinajstić information content (AvgIpc) is 2.88. The molecule has 19 heavy (non-hydrogen) atoms. The van der Waals surface area contributed by atoms with E-state index in [1.54, 1.807) is 0 Å². The van der Waals surface area contributed by atoms with Crippen molar-refractivity contribution in [2.24, 2.45) is 5.73 Å². The second-order valence-electron chi connectivity index (χ2n) is 3.74. The molecule has 2 N–H and O–H groups in total. The zero-order chi connectivity index (χ0) is 13.9. The first kappa shape index (κ1) is 14.3. The Morgan fingerprint density at radius 2 is 1.95 bits per heavy atom. The summed E-state index contributed by atoms with van der Waals surface area (Å²) in [5, 5.41) is 0. The highest BCUT2D eigenvalue weighted by Crippen LogP contribution is 2.30. The van der Waals surface area contributed by atoms with Crippen LogP contribution in [0.2, 0.25) is 0 Å². The Labute approximate surface area is 116 Å².